The minimum atomic E-state index is -0.655. The molecule has 0 aliphatic rings. The van der Waals surface area contributed by atoms with Gasteiger partial charge in [0.1, 0.15) is 18.2 Å². The highest BCUT2D eigenvalue weighted by Crippen LogP contribution is 2.07. The van der Waals surface area contributed by atoms with Crippen molar-refractivity contribution in [1.82, 2.24) is 0 Å². The maximum absolute atomic E-state index is 12.7. The molecule has 3 heteroatoms. The van der Waals surface area contributed by atoms with E-state index in [0.717, 1.165) is 6.07 Å². The molecule has 82 valence electrons. The quantitative estimate of drug-likeness (QED) is 0.663. The van der Waals surface area contributed by atoms with Gasteiger partial charge < -0.3 is 0 Å². The summed E-state index contributed by atoms with van der Waals surface area (Å²) in [5, 5.41) is 8.30. The van der Waals surface area contributed by atoms with Gasteiger partial charge in [0.15, 0.2) is 0 Å². The van der Waals surface area contributed by atoms with Gasteiger partial charge in [0, 0.05) is 5.56 Å². The molecule has 0 aromatic heterocycles. The Morgan fingerprint density at radius 3 is 2.13 bits per heavy atom. The first-order valence-electron chi connectivity index (χ1n) is 4.93. The van der Waals surface area contributed by atoms with Gasteiger partial charge in [0.05, 0.1) is 5.56 Å². The molecule has 0 radical (unpaired) electrons. The van der Waals surface area contributed by atoms with Crippen molar-refractivity contribution in [2.45, 2.75) is 27.7 Å². The van der Waals surface area contributed by atoms with Gasteiger partial charge in [0.2, 0.25) is 0 Å². The number of nitrogens with zero attached hydrogens (tertiary/aromatic N) is 1. The Morgan fingerprint density at radius 1 is 1.27 bits per heavy atom. The summed E-state index contributed by atoms with van der Waals surface area (Å²) < 4.78 is 12.7. The Labute approximate surface area is 90.4 Å². The predicted molar refractivity (Wildman–Crippen MR) is 59.2 cm³/mol. The van der Waals surface area contributed by atoms with Crippen molar-refractivity contribution in [3.8, 4) is 6.07 Å². The molecule has 0 aliphatic carbocycles. The topological polar surface area (TPSA) is 40.9 Å². The van der Waals surface area contributed by atoms with Gasteiger partial charge in [-0.25, -0.2) is 4.39 Å². The highest BCUT2D eigenvalue weighted by molar-refractivity contribution is 5.74. The lowest BCUT2D eigenvalue weighted by molar-refractivity contribution is 0.112. The van der Waals surface area contributed by atoms with Crippen LogP contribution in [0.25, 0.3) is 0 Å². The van der Waals surface area contributed by atoms with E-state index in [1.54, 1.807) is 6.07 Å². The molecule has 1 aromatic carbocycles. The highest BCUT2D eigenvalue weighted by atomic mass is 19.1. The number of hydrogen-bond donors (Lipinski definition) is 0. The average Bonchev–Trinajstić information content (AvgIpc) is 2.34. The van der Waals surface area contributed by atoms with Gasteiger partial charge in [-0.15, -0.1) is 0 Å². The molecule has 0 fully saturated rings. The van der Waals surface area contributed by atoms with Crippen LogP contribution < -0.4 is 0 Å². The van der Waals surface area contributed by atoms with Crippen LogP contribution in [0.2, 0.25) is 0 Å². The fourth-order valence-corrected chi connectivity index (χ4v) is 0.695. The van der Waals surface area contributed by atoms with Gasteiger partial charge >= 0.3 is 0 Å². The van der Waals surface area contributed by atoms with Crippen molar-refractivity contribution in [2.24, 2.45) is 0 Å². The maximum atomic E-state index is 12.7. The third-order valence-electron chi connectivity index (χ3n) is 1.25. The first-order valence-corrected chi connectivity index (χ1v) is 4.93. The van der Waals surface area contributed by atoms with Crippen molar-refractivity contribution in [3.63, 3.8) is 0 Å². The first kappa shape index (κ1) is 15.8. The van der Waals surface area contributed by atoms with Crippen LogP contribution in [0.15, 0.2) is 18.2 Å². The van der Waals surface area contributed by atoms with E-state index < -0.39 is 5.82 Å². The Balaban J connectivity index is 0. The van der Waals surface area contributed by atoms with Crippen molar-refractivity contribution in [1.29, 1.82) is 5.26 Å². The van der Waals surface area contributed by atoms with Crippen LogP contribution in [0.3, 0.4) is 0 Å². The minimum Gasteiger partial charge on any atom is -0.298 e. The molecular formula is C12H16FNO. The summed E-state index contributed by atoms with van der Waals surface area (Å²) in [6.07, 6.45) is 0.532. The summed E-state index contributed by atoms with van der Waals surface area (Å²) in [4.78, 5) is 10.1. The van der Waals surface area contributed by atoms with Crippen LogP contribution in [0.5, 0.6) is 0 Å². The summed E-state index contributed by atoms with van der Waals surface area (Å²) in [7, 11) is 0. The van der Waals surface area contributed by atoms with E-state index in [-0.39, 0.29) is 11.1 Å². The van der Waals surface area contributed by atoms with E-state index in [9.17, 15) is 9.18 Å². The average molecular weight is 209 g/mol. The second-order valence-corrected chi connectivity index (χ2v) is 1.97. The number of benzene rings is 1. The van der Waals surface area contributed by atoms with E-state index in [2.05, 4.69) is 0 Å². The Morgan fingerprint density at radius 2 is 1.80 bits per heavy atom. The zero-order chi connectivity index (χ0) is 12.3. The summed E-state index contributed by atoms with van der Waals surface area (Å²) >= 11 is 0. The monoisotopic (exact) mass is 209 g/mol. The zero-order valence-electron chi connectivity index (χ0n) is 9.54. The molecular weight excluding hydrogens is 193 g/mol. The molecule has 1 rings (SSSR count). The molecule has 0 saturated heterocycles. The second-order valence-electron chi connectivity index (χ2n) is 1.97. The normalized spacial score (nSPS) is 7.20. The number of nitriles is 1. The van der Waals surface area contributed by atoms with Crippen molar-refractivity contribution in [3.05, 3.63) is 35.1 Å². The smallest absolute Gasteiger partial charge is 0.150 e. The fraction of sp³-hybridized carbons (Fsp3) is 0.333. The van der Waals surface area contributed by atoms with Crippen LogP contribution in [0.1, 0.15) is 43.6 Å². The molecule has 15 heavy (non-hydrogen) atoms. The molecule has 0 unspecified atom stereocenters. The lowest BCUT2D eigenvalue weighted by atomic mass is 10.1. The maximum Gasteiger partial charge on any atom is 0.150 e. The molecule has 0 N–H and O–H groups in total. The summed E-state index contributed by atoms with van der Waals surface area (Å²) in [6.45, 7) is 8.00. The number of rotatable bonds is 1. The van der Waals surface area contributed by atoms with Gasteiger partial charge in [-0.3, -0.25) is 4.79 Å². The summed E-state index contributed by atoms with van der Waals surface area (Å²) in [6, 6.07) is 5.36. The molecule has 0 spiro atoms. The highest BCUT2D eigenvalue weighted by Gasteiger charge is 2.00. The van der Waals surface area contributed by atoms with E-state index in [4.69, 9.17) is 5.26 Å². The Kier molecular flexibility index (Phi) is 10.9. The van der Waals surface area contributed by atoms with Crippen molar-refractivity contribution in [2.75, 3.05) is 0 Å². The molecule has 0 bridgehead atoms. The van der Waals surface area contributed by atoms with E-state index in [1.807, 2.05) is 27.7 Å². The van der Waals surface area contributed by atoms with Crippen LogP contribution in [-0.4, -0.2) is 6.29 Å². The molecule has 2 nitrogen and oxygen atoms in total. The largest absolute Gasteiger partial charge is 0.298 e. The number of carbonyl (C=O) groups is 1. The molecule has 0 amide bonds. The minimum absolute atomic E-state index is 0.0457. The van der Waals surface area contributed by atoms with Gasteiger partial charge in [-0.1, -0.05) is 33.8 Å². The Hall–Kier alpha value is -1.69. The van der Waals surface area contributed by atoms with Crippen LogP contribution in [0.4, 0.5) is 4.39 Å². The van der Waals surface area contributed by atoms with Crippen LogP contribution in [0, 0.1) is 17.1 Å². The lowest BCUT2D eigenvalue weighted by Gasteiger charge is -1.92. The van der Waals surface area contributed by atoms with E-state index in [1.165, 1.54) is 12.1 Å². The fourth-order valence-electron chi connectivity index (χ4n) is 0.695. The van der Waals surface area contributed by atoms with Gasteiger partial charge in [-0.2, -0.15) is 5.26 Å². The number of hydrogen-bond acceptors (Lipinski definition) is 2. The van der Waals surface area contributed by atoms with Crippen molar-refractivity contribution >= 4 is 6.29 Å². The van der Waals surface area contributed by atoms with E-state index in [0.29, 0.717) is 6.29 Å². The molecule has 0 saturated carbocycles. The molecule has 1 aromatic rings. The first-order chi connectivity index (χ1) is 7.27. The summed E-state index contributed by atoms with van der Waals surface area (Å²) in [5.74, 6) is -0.655. The molecule has 0 heterocycles. The SMILES string of the molecule is CC.CC.N#Cc1ccc(C=O)cc1F. The van der Waals surface area contributed by atoms with Crippen LogP contribution in [-0.2, 0) is 0 Å². The van der Waals surface area contributed by atoms with E-state index >= 15 is 0 Å². The van der Waals surface area contributed by atoms with Crippen LogP contribution >= 0.6 is 0 Å². The second kappa shape index (κ2) is 10.4. The summed E-state index contributed by atoms with van der Waals surface area (Å²) in [5.41, 5.74) is 0.192. The standard InChI is InChI=1S/C8H4FNO.2C2H6/c9-8-3-6(5-11)1-2-7(8)4-10;2*1-2/h1-3,5H;2*1-2H3. The molecule has 0 aliphatic heterocycles. The van der Waals surface area contributed by atoms with Crippen molar-refractivity contribution < 1.29 is 9.18 Å². The van der Waals surface area contributed by atoms with Gasteiger partial charge in [-0.05, 0) is 12.1 Å². The van der Waals surface area contributed by atoms with Gasteiger partial charge in [0.25, 0.3) is 0 Å². The predicted octanol–water partition coefficient (Wildman–Crippen LogP) is 3.56. The Bertz CT molecular complexity index is 329. The zero-order valence-corrected chi connectivity index (χ0v) is 9.54. The third kappa shape index (κ3) is 5.58. The number of carbonyl (C=O) groups excluding carboxylic acids is 1. The molecule has 0 atom stereocenters. The lowest BCUT2D eigenvalue weighted by Crippen LogP contribution is -1.86. The number of halogens is 1. The third-order valence-corrected chi connectivity index (χ3v) is 1.25. The number of aldehydes is 1.